The van der Waals surface area contributed by atoms with Crippen molar-refractivity contribution in [1.29, 1.82) is 0 Å². The van der Waals surface area contributed by atoms with Crippen LogP contribution in [0.25, 0.3) is 33.5 Å². The topological polar surface area (TPSA) is 103 Å². The highest BCUT2D eigenvalue weighted by Crippen LogP contribution is 2.43. The summed E-state index contributed by atoms with van der Waals surface area (Å²) < 4.78 is 52.6. The second-order valence-corrected chi connectivity index (χ2v) is 14.2. The molecule has 12 heteroatoms. The van der Waals surface area contributed by atoms with Crippen molar-refractivity contribution >= 4 is 40.4 Å². The molecule has 4 rings (SSSR count). The molecule has 1 aromatic heterocycles. The Hall–Kier alpha value is -4.25. The standard InChI is InChI=1S/C35H39ClF3N3O5/c1-19(2)15-28(31(44)46-33(3,4)5)42-27-14-13-23(40-32(45)47-34(6,7)8)18-26(27)41-30(42)24-16-21(17-25(36)29(24)43)20-9-11-22(12-10-20)35(37,38)39/h9-14,16-19,28,43H,15H2,1-8H3,(H,40,45). The van der Waals surface area contributed by atoms with E-state index in [1.807, 2.05) is 13.8 Å². The Balaban J connectivity index is 1.95. The van der Waals surface area contributed by atoms with Crippen LogP contribution in [0.15, 0.2) is 54.6 Å². The summed E-state index contributed by atoms with van der Waals surface area (Å²) in [6.07, 6.45) is -4.83. The molecule has 4 aromatic rings. The van der Waals surface area contributed by atoms with Gasteiger partial charge in [-0.15, -0.1) is 0 Å². The maximum absolute atomic E-state index is 13.8. The first-order valence-corrected chi connectivity index (χ1v) is 15.5. The Labute approximate surface area is 276 Å². The van der Waals surface area contributed by atoms with E-state index in [9.17, 15) is 27.9 Å². The zero-order valence-electron chi connectivity index (χ0n) is 27.5. The van der Waals surface area contributed by atoms with Crippen LogP contribution in [0.3, 0.4) is 0 Å². The van der Waals surface area contributed by atoms with Gasteiger partial charge in [0, 0.05) is 5.69 Å². The lowest BCUT2D eigenvalue weighted by Gasteiger charge is -2.27. The number of alkyl halides is 3. The Bertz CT molecular complexity index is 1790. The zero-order valence-corrected chi connectivity index (χ0v) is 28.3. The molecule has 8 nitrogen and oxygen atoms in total. The van der Waals surface area contributed by atoms with E-state index in [0.29, 0.717) is 34.3 Å². The van der Waals surface area contributed by atoms with Crippen LogP contribution in [0.5, 0.6) is 5.75 Å². The maximum Gasteiger partial charge on any atom is 0.416 e. The molecule has 0 aliphatic rings. The summed E-state index contributed by atoms with van der Waals surface area (Å²) in [4.78, 5) is 31.1. The molecular formula is C35H39ClF3N3O5. The summed E-state index contributed by atoms with van der Waals surface area (Å²) in [5.74, 6) is -0.661. The molecule has 1 unspecified atom stereocenters. The molecule has 0 radical (unpaired) electrons. The number of anilines is 1. The van der Waals surface area contributed by atoms with Crippen molar-refractivity contribution in [2.45, 2.75) is 85.2 Å². The fraction of sp³-hybridized carbons (Fsp3) is 0.400. The highest BCUT2D eigenvalue weighted by Gasteiger charge is 2.33. The molecule has 2 N–H and O–H groups in total. The number of amides is 1. The number of aromatic nitrogens is 2. The van der Waals surface area contributed by atoms with Gasteiger partial charge in [0.05, 0.1) is 27.2 Å². The van der Waals surface area contributed by atoms with Gasteiger partial charge in [-0.3, -0.25) is 5.32 Å². The van der Waals surface area contributed by atoms with E-state index in [2.05, 4.69) is 5.32 Å². The van der Waals surface area contributed by atoms with Gasteiger partial charge in [0.15, 0.2) is 0 Å². The van der Waals surface area contributed by atoms with Crippen molar-refractivity contribution < 1.29 is 37.3 Å². The van der Waals surface area contributed by atoms with Gasteiger partial charge in [-0.25, -0.2) is 14.6 Å². The number of imidazole rings is 1. The van der Waals surface area contributed by atoms with Gasteiger partial charge in [-0.2, -0.15) is 13.2 Å². The number of hydrogen-bond acceptors (Lipinski definition) is 6. The van der Waals surface area contributed by atoms with Gasteiger partial charge >= 0.3 is 18.2 Å². The fourth-order valence-corrected chi connectivity index (χ4v) is 5.23. The second-order valence-electron chi connectivity index (χ2n) is 13.7. The minimum atomic E-state index is -4.51. The third-order valence-electron chi connectivity index (χ3n) is 6.87. The molecule has 0 aliphatic heterocycles. The van der Waals surface area contributed by atoms with Crippen LogP contribution in [0.2, 0.25) is 5.02 Å². The molecule has 0 spiro atoms. The Morgan fingerprint density at radius 3 is 2.09 bits per heavy atom. The van der Waals surface area contributed by atoms with Crippen molar-refractivity contribution in [3.8, 4) is 28.3 Å². The van der Waals surface area contributed by atoms with Crippen molar-refractivity contribution in [3.63, 3.8) is 0 Å². The van der Waals surface area contributed by atoms with Gasteiger partial charge in [-0.1, -0.05) is 37.6 Å². The first-order valence-electron chi connectivity index (χ1n) is 15.1. The van der Waals surface area contributed by atoms with Crippen LogP contribution < -0.4 is 5.32 Å². The van der Waals surface area contributed by atoms with Crippen molar-refractivity contribution in [3.05, 3.63) is 65.2 Å². The van der Waals surface area contributed by atoms with Crippen LogP contribution in [0, 0.1) is 5.92 Å². The number of carbonyl (C=O) groups excluding carboxylic acids is 2. The summed E-state index contributed by atoms with van der Waals surface area (Å²) in [6, 6.07) is 11.6. The van der Waals surface area contributed by atoms with Crippen molar-refractivity contribution in [2.75, 3.05) is 5.32 Å². The van der Waals surface area contributed by atoms with Crippen LogP contribution in [-0.4, -0.2) is 37.9 Å². The molecule has 252 valence electrons. The van der Waals surface area contributed by atoms with E-state index in [4.69, 9.17) is 26.1 Å². The van der Waals surface area contributed by atoms with E-state index in [1.54, 1.807) is 70.4 Å². The molecule has 3 aromatic carbocycles. The lowest BCUT2D eigenvalue weighted by molar-refractivity contribution is -0.159. The van der Waals surface area contributed by atoms with Crippen LogP contribution in [0.1, 0.15) is 73.4 Å². The number of esters is 1. The van der Waals surface area contributed by atoms with Crippen LogP contribution in [-0.2, 0) is 20.4 Å². The third-order valence-corrected chi connectivity index (χ3v) is 7.16. The average molecular weight is 674 g/mol. The Morgan fingerprint density at radius 2 is 1.53 bits per heavy atom. The SMILES string of the molecule is CC(C)CC(C(=O)OC(C)(C)C)n1c(-c2cc(-c3ccc(C(F)(F)F)cc3)cc(Cl)c2O)nc2cc(NC(=O)OC(C)(C)C)ccc21. The first kappa shape index (κ1) is 35.6. The number of nitrogens with one attached hydrogen (secondary N) is 1. The first-order chi connectivity index (χ1) is 21.6. The number of phenolic OH excluding ortho intramolecular Hbond substituents is 1. The van der Waals surface area contributed by atoms with Crippen LogP contribution >= 0.6 is 11.6 Å². The van der Waals surface area contributed by atoms with Gasteiger partial charge < -0.3 is 19.1 Å². The molecule has 0 aliphatic carbocycles. The van der Waals surface area contributed by atoms with Gasteiger partial charge in [0.1, 0.15) is 28.8 Å². The highest BCUT2D eigenvalue weighted by molar-refractivity contribution is 6.32. The average Bonchev–Trinajstić information content (AvgIpc) is 3.28. The Morgan fingerprint density at radius 1 is 0.915 bits per heavy atom. The van der Waals surface area contributed by atoms with Crippen molar-refractivity contribution in [1.82, 2.24) is 9.55 Å². The van der Waals surface area contributed by atoms with Gasteiger partial charge in [-0.05, 0) is 107 Å². The lowest BCUT2D eigenvalue weighted by Crippen LogP contribution is -2.31. The molecule has 0 saturated carbocycles. The summed E-state index contributed by atoms with van der Waals surface area (Å²) in [6.45, 7) is 14.4. The number of fused-ring (bicyclic) bond motifs is 1. The predicted octanol–water partition coefficient (Wildman–Crippen LogP) is 10.0. The fourth-order valence-electron chi connectivity index (χ4n) is 5.01. The van der Waals surface area contributed by atoms with Gasteiger partial charge in [0.25, 0.3) is 0 Å². The number of aromatic hydroxyl groups is 1. The summed E-state index contributed by atoms with van der Waals surface area (Å²) in [7, 11) is 0. The number of benzene rings is 3. The van der Waals surface area contributed by atoms with E-state index >= 15 is 0 Å². The number of halogens is 4. The van der Waals surface area contributed by atoms with E-state index < -0.39 is 41.0 Å². The van der Waals surface area contributed by atoms with E-state index in [-0.39, 0.29) is 28.1 Å². The minimum absolute atomic E-state index is 0.0293. The van der Waals surface area contributed by atoms with Crippen molar-refractivity contribution in [2.24, 2.45) is 5.92 Å². The number of hydrogen-bond donors (Lipinski definition) is 2. The minimum Gasteiger partial charge on any atom is -0.506 e. The third kappa shape index (κ3) is 8.77. The largest absolute Gasteiger partial charge is 0.506 e. The molecule has 0 bridgehead atoms. The molecule has 1 amide bonds. The zero-order chi connectivity index (χ0) is 35.1. The molecule has 0 fully saturated rings. The molecule has 0 saturated heterocycles. The maximum atomic E-state index is 13.8. The number of nitrogens with zero attached hydrogens (tertiary/aromatic N) is 2. The normalized spacial score (nSPS) is 13.1. The predicted molar refractivity (Wildman–Crippen MR) is 176 cm³/mol. The number of carbonyl (C=O) groups is 2. The lowest BCUT2D eigenvalue weighted by atomic mass is 9.99. The number of rotatable bonds is 7. The smallest absolute Gasteiger partial charge is 0.416 e. The quantitative estimate of drug-likeness (QED) is 0.189. The molecule has 47 heavy (non-hydrogen) atoms. The summed E-state index contributed by atoms with van der Waals surface area (Å²) in [5.41, 5.74) is -0.111. The van der Waals surface area contributed by atoms with E-state index in [1.165, 1.54) is 18.2 Å². The molecule has 1 heterocycles. The van der Waals surface area contributed by atoms with E-state index in [0.717, 1.165) is 12.1 Å². The summed E-state index contributed by atoms with van der Waals surface area (Å²) in [5, 5.41) is 13.9. The molecule has 1 atom stereocenters. The second kappa shape index (κ2) is 13.1. The van der Waals surface area contributed by atoms with Crippen LogP contribution in [0.4, 0.5) is 23.7 Å². The number of phenols is 1. The summed E-state index contributed by atoms with van der Waals surface area (Å²) >= 11 is 6.50. The molecular weight excluding hydrogens is 635 g/mol. The monoisotopic (exact) mass is 673 g/mol. The highest BCUT2D eigenvalue weighted by atomic mass is 35.5. The number of ether oxygens (including phenoxy) is 2. The van der Waals surface area contributed by atoms with Gasteiger partial charge in [0.2, 0.25) is 0 Å². The Kier molecular flexibility index (Phi) is 9.92.